The Labute approximate surface area is 164 Å². The van der Waals surface area contributed by atoms with E-state index in [9.17, 15) is 17.6 Å². The second-order valence-corrected chi connectivity index (χ2v) is 9.28. The fraction of sp³-hybridized carbons (Fsp3) is 0.381. The molecular formula is C21H23FN2O3S. The minimum atomic E-state index is -3.49. The largest absolute Gasteiger partial charge is 0.332 e. The van der Waals surface area contributed by atoms with E-state index < -0.39 is 10.0 Å². The molecular weight excluding hydrogens is 379 g/mol. The summed E-state index contributed by atoms with van der Waals surface area (Å²) in [7, 11) is -3.49. The van der Waals surface area contributed by atoms with Crippen LogP contribution in [-0.2, 0) is 10.0 Å². The lowest BCUT2D eigenvalue weighted by atomic mass is 10.0. The Bertz CT molecular complexity index is 952. The van der Waals surface area contributed by atoms with Gasteiger partial charge in [0.05, 0.1) is 10.9 Å². The van der Waals surface area contributed by atoms with Crippen molar-refractivity contribution < 1.29 is 17.6 Å². The molecule has 0 saturated carbocycles. The van der Waals surface area contributed by atoms with Crippen LogP contribution in [0.25, 0.3) is 0 Å². The highest BCUT2D eigenvalue weighted by Crippen LogP contribution is 2.33. The maximum atomic E-state index is 13.2. The molecule has 0 bridgehead atoms. The molecule has 2 heterocycles. The van der Waals surface area contributed by atoms with Gasteiger partial charge in [-0.05, 0) is 67.6 Å². The van der Waals surface area contributed by atoms with Gasteiger partial charge < -0.3 is 4.90 Å². The van der Waals surface area contributed by atoms with E-state index in [-0.39, 0.29) is 22.7 Å². The summed E-state index contributed by atoms with van der Waals surface area (Å²) in [6.07, 6.45) is 3.49. The fourth-order valence-electron chi connectivity index (χ4n) is 4.05. The molecule has 2 aromatic carbocycles. The number of amides is 1. The number of benzene rings is 2. The van der Waals surface area contributed by atoms with Crippen molar-refractivity contribution >= 4 is 15.9 Å². The minimum Gasteiger partial charge on any atom is -0.332 e. The highest BCUT2D eigenvalue weighted by molar-refractivity contribution is 7.89. The third-order valence-corrected chi connectivity index (χ3v) is 7.49. The van der Waals surface area contributed by atoms with Crippen molar-refractivity contribution in [1.82, 2.24) is 9.21 Å². The highest BCUT2D eigenvalue weighted by Gasteiger charge is 2.31. The molecule has 1 amide bonds. The van der Waals surface area contributed by atoms with Crippen LogP contribution in [0.15, 0.2) is 53.4 Å². The van der Waals surface area contributed by atoms with Crippen molar-refractivity contribution in [3.8, 4) is 0 Å². The van der Waals surface area contributed by atoms with Crippen molar-refractivity contribution in [2.24, 2.45) is 0 Å². The molecule has 2 aliphatic heterocycles. The number of rotatable bonds is 4. The van der Waals surface area contributed by atoms with Crippen molar-refractivity contribution in [2.45, 2.75) is 36.6 Å². The van der Waals surface area contributed by atoms with Gasteiger partial charge >= 0.3 is 0 Å². The van der Waals surface area contributed by atoms with Gasteiger partial charge in [0.2, 0.25) is 10.0 Å². The molecule has 28 heavy (non-hydrogen) atoms. The molecule has 0 N–H and O–H groups in total. The van der Waals surface area contributed by atoms with Crippen LogP contribution in [-0.4, -0.2) is 43.2 Å². The first-order valence-corrected chi connectivity index (χ1v) is 11.1. The summed E-state index contributed by atoms with van der Waals surface area (Å²) >= 11 is 0. The number of carbonyl (C=O) groups is 1. The first kappa shape index (κ1) is 19.1. The molecule has 5 nitrogen and oxygen atoms in total. The average molecular weight is 402 g/mol. The zero-order chi connectivity index (χ0) is 19.7. The van der Waals surface area contributed by atoms with E-state index >= 15 is 0 Å². The molecule has 148 valence electrons. The van der Waals surface area contributed by atoms with E-state index in [1.54, 1.807) is 29.2 Å². The molecule has 1 unspecified atom stereocenters. The first-order chi connectivity index (χ1) is 13.5. The summed E-state index contributed by atoms with van der Waals surface area (Å²) in [6, 6.07) is 12.4. The third-order valence-electron chi connectivity index (χ3n) is 5.57. The molecule has 2 aliphatic rings. The Morgan fingerprint density at radius 1 is 0.893 bits per heavy atom. The zero-order valence-corrected chi connectivity index (χ0v) is 16.4. The van der Waals surface area contributed by atoms with Crippen molar-refractivity contribution in [1.29, 1.82) is 0 Å². The second-order valence-electron chi connectivity index (χ2n) is 7.34. The quantitative estimate of drug-likeness (QED) is 0.785. The molecule has 2 fully saturated rings. The van der Waals surface area contributed by atoms with E-state index in [0.717, 1.165) is 31.2 Å². The maximum Gasteiger partial charge on any atom is 0.254 e. The van der Waals surface area contributed by atoms with E-state index in [2.05, 4.69) is 0 Å². The molecule has 2 saturated heterocycles. The molecule has 0 radical (unpaired) electrons. The zero-order valence-electron chi connectivity index (χ0n) is 15.6. The minimum absolute atomic E-state index is 0.0823. The lowest BCUT2D eigenvalue weighted by Crippen LogP contribution is -2.31. The van der Waals surface area contributed by atoms with E-state index in [4.69, 9.17) is 0 Å². The van der Waals surface area contributed by atoms with Crippen LogP contribution in [0.2, 0.25) is 0 Å². The molecule has 4 rings (SSSR count). The Hall–Kier alpha value is -2.25. The van der Waals surface area contributed by atoms with Crippen LogP contribution in [0, 0.1) is 5.82 Å². The monoisotopic (exact) mass is 402 g/mol. The van der Waals surface area contributed by atoms with Gasteiger partial charge in [0.25, 0.3) is 5.91 Å². The first-order valence-electron chi connectivity index (χ1n) is 9.63. The molecule has 2 aromatic rings. The summed E-state index contributed by atoms with van der Waals surface area (Å²) in [4.78, 5) is 15.0. The predicted octanol–water partition coefficient (Wildman–Crippen LogP) is 3.59. The van der Waals surface area contributed by atoms with Crippen molar-refractivity contribution in [2.75, 3.05) is 19.6 Å². The molecule has 1 atom stereocenters. The summed E-state index contributed by atoms with van der Waals surface area (Å²) in [5.41, 5.74) is 1.38. The summed E-state index contributed by atoms with van der Waals surface area (Å²) in [6.45, 7) is 1.74. The van der Waals surface area contributed by atoms with Gasteiger partial charge in [0.1, 0.15) is 5.82 Å². The molecule has 0 aromatic heterocycles. The summed E-state index contributed by atoms with van der Waals surface area (Å²) in [5.74, 6) is -0.425. The number of hydrogen-bond acceptors (Lipinski definition) is 3. The van der Waals surface area contributed by atoms with Gasteiger partial charge in [0.15, 0.2) is 0 Å². The van der Waals surface area contributed by atoms with Crippen molar-refractivity contribution in [3.63, 3.8) is 0 Å². The van der Waals surface area contributed by atoms with Gasteiger partial charge in [-0.3, -0.25) is 4.79 Å². The summed E-state index contributed by atoms with van der Waals surface area (Å²) < 4.78 is 40.0. The van der Waals surface area contributed by atoms with Crippen molar-refractivity contribution in [3.05, 3.63) is 65.5 Å². The van der Waals surface area contributed by atoms with Crippen LogP contribution in [0.1, 0.15) is 47.6 Å². The van der Waals surface area contributed by atoms with Gasteiger partial charge in [-0.15, -0.1) is 0 Å². The van der Waals surface area contributed by atoms with Crippen LogP contribution in [0.3, 0.4) is 0 Å². The van der Waals surface area contributed by atoms with Gasteiger partial charge in [-0.25, -0.2) is 12.8 Å². The molecule has 7 heteroatoms. The Morgan fingerprint density at radius 3 is 2.18 bits per heavy atom. The Morgan fingerprint density at radius 2 is 1.54 bits per heavy atom. The Balaban J connectivity index is 1.54. The highest BCUT2D eigenvalue weighted by atomic mass is 32.2. The van der Waals surface area contributed by atoms with Crippen LogP contribution < -0.4 is 0 Å². The molecule has 0 aliphatic carbocycles. The van der Waals surface area contributed by atoms with Gasteiger partial charge in [-0.2, -0.15) is 4.31 Å². The lowest BCUT2D eigenvalue weighted by molar-refractivity contribution is 0.0735. The number of sulfonamides is 1. The lowest BCUT2D eigenvalue weighted by Gasteiger charge is -2.25. The topological polar surface area (TPSA) is 57.7 Å². The van der Waals surface area contributed by atoms with Crippen LogP contribution >= 0.6 is 0 Å². The number of nitrogens with zero attached hydrogens (tertiary/aromatic N) is 2. The standard InChI is InChI=1S/C21H23FN2O3S/c22-18-9-5-16(6-10-18)20-4-3-15-24(20)21(25)17-7-11-19(12-8-17)28(26,27)23-13-1-2-14-23/h5-12,20H,1-4,13-15H2. The predicted molar refractivity (Wildman–Crippen MR) is 104 cm³/mol. The average Bonchev–Trinajstić information content (AvgIpc) is 3.40. The van der Waals surface area contributed by atoms with Gasteiger partial charge in [-0.1, -0.05) is 12.1 Å². The van der Waals surface area contributed by atoms with Crippen LogP contribution in [0.4, 0.5) is 4.39 Å². The number of hydrogen-bond donors (Lipinski definition) is 0. The number of likely N-dealkylation sites (tertiary alicyclic amines) is 1. The Kier molecular flexibility index (Phi) is 5.21. The third kappa shape index (κ3) is 3.56. The van der Waals surface area contributed by atoms with E-state index in [1.807, 2.05) is 0 Å². The van der Waals surface area contributed by atoms with E-state index in [1.165, 1.54) is 28.6 Å². The normalized spacial score (nSPS) is 20.6. The number of halogens is 1. The second kappa shape index (κ2) is 7.64. The maximum absolute atomic E-state index is 13.2. The smallest absolute Gasteiger partial charge is 0.254 e. The fourth-order valence-corrected chi connectivity index (χ4v) is 5.57. The molecule has 0 spiro atoms. The number of carbonyl (C=O) groups excluding carboxylic acids is 1. The van der Waals surface area contributed by atoms with E-state index in [0.29, 0.717) is 25.2 Å². The summed E-state index contributed by atoms with van der Waals surface area (Å²) in [5, 5.41) is 0. The SMILES string of the molecule is O=C(c1ccc(S(=O)(=O)N2CCCC2)cc1)N1CCCC1c1ccc(F)cc1. The van der Waals surface area contributed by atoms with Gasteiger partial charge in [0, 0.05) is 25.2 Å². The van der Waals surface area contributed by atoms with Crippen LogP contribution in [0.5, 0.6) is 0 Å².